The van der Waals surface area contributed by atoms with E-state index in [9.17, 15) is 27.1 Å². The van der Waals surface area contributed by atoms with Crippen LogP contribution in [-0.4, -0.2) is 67.9 Å². The summed E-state index contributed by atoms with van der Waals surface area (Å²) in [5, 5.41) is 10.2. The van der Waals surface area contributed by atoms with Crippen LogP contribution >= 0.6 is 0 Å². The summed E-state index contributed by atoms with van der Waals surface area (Å²) in [6.45, 7) is 0.350. The summed E-state index contributed by atoms with van der Waals surface area (Å²) in [6, 6.07) is 5.08. The monoisotopic (exact) mass is 578 g/mol. The molecule has 0 amide bonds. The predicted molar refractivity (Wildman–Crippen MR) is 140 cm³/mol. The Morgan fingerprint density at radius 1 is 1.15 bits per heavy atom. The van der Waals surface area contributed by atoms with E-state index in [1.165, 1.54) is 44.2 Å². The van der Waals surface area contributed by atoms with Crippen LogP contribution in [0.15, 0.2) is 43.1 Å². The number of nitrogen functional groups attached to an aromatic ring is 1. The van der Waals surface area contributed by atoms with Crippen LogP contribution in [0.25, 0.3) is 22.4 Å². The number of hydrogen-bond donors (Lipinski definition) is 3. The van der Waals surface area contributed by atoms with E-state index < -0.39 is 29.8 Å². The van der Waals surface area contributed by atoms with Crippen LogP contribution < -0.4 is 21.1 Å². The van der Waals surface area contributed by atoms with Crippen molar-refractivity contribution in [2.75, 3.05) is 30.8 Å². The molecular weight excluding hydrogens is 551 g/mol. The van der Waals surface area contributed by atoms with Crippen molar-refractivity contribution in [3.05, 3.63) is 54.2 Å². The highest BCUT2D eigenvalue weighted by Crippen LogP contribution is 2.40. The standard InChI is InChI=1S/C26H27F5N8O2/c1-41-15-3-4-16(17(8-15)26(29,30)31)18-7-14(10-39-13-37-20-23(32)35-12-36-24(20)39)19(9-34-18)38-6-2-5-25(33,11-38)21(40)22(27)28/h3-4,7-9,12-13,21-22,40H,2,5-6,10-11,33H2,1H3,(H2,32,35,36)/t21-,25-/m1/s1. The van der Waals surface area contributed by atoms with Gasteiger partial charge >= 0.3 is 6.18 Å². The number of alkyl halides is 5. The first-order valence-corrected chi connectivity index (χ1v) is 12.6. The number of hydrogen-bond acceptors (Lipinski definition) is 9. The molecule has 41 heavy (non-hydrogen) atoms. The Bertz CT molecular complexity index is 1560. The second-order valence-electron chi connectivity index (χ2n) is 9.95. The number of benzene rings is 1. The lowest BCUT2D eigenvalue weighted by atomic mass is 9.84. The van der Waals surface area contributed by atoms with Gasteiger partial charge in [0.25, 0.3) is 6.43 Å². The van der Waals surface area contributed by atoms with Crippen molar-refractivity contribution in [3.8, 4) is 17.0 Å². The third kappa shape index (κ3) is 5.46. The van der Waals surface area contributed by atoms with Gasteiger partial charge in [0.15, 0.2) is 11.5 Å². The fourth-order valence-electron chi connectivity index (χ4n) is 5.17. The molecule has 1 fully saturated rings. The lowest BCUT2D eigenvalue weighted by molar-refractivity contribution is -0.137. The quantitative estimate of drug-likeness (QED) is 0.281. The van der Waals surface area contributed by atoms with Crippen molar-refractivity contribution in [1.82, 2.24) is 24.5 Å². The number of aromatic nitrogens is 5. The van der Waals surface area contributed by atoms with Crippen LogP contribution in [0.4, 0.5) is 33.5 Å². The number of nitrogens with two attached hydrogens (primary N) is 2. The third-order valence-electron chi connectivity index (χ3n) is 7.27. The number of piperidine rings is 1. The van der Waals surface area contributed by atoms with Crippen LogP contribution in [0, 0.1) is 0 Å². The van der Waals surface area contributed by atoms with E-state index in [1.807, 2.05) is 0 Å². The molecule has 2 atom stereocenters. The van der Waals surface area contributed by atoms with Gasteiger partial charge in [-0.2, -0.15) is 13.2 Å². The molecule has 1 aromatic carbocycles. The molecule has 218 valence electrons. The SMILES string of the molecule is COc1ccc(-c2cc(Cn3cnc4c(N)ncnc43)c(N3CCC[C@](N)([C@H](O)C(F)F)C3)cn2)c(C(F)(F)F)c1. The van der Waals surface area contributed by atoms with Crippen molar-refractivity contribution in [2.24, 2.45) is 5.73 Å². The summed E-state index contributed by atoms with van der Waals surface area (Å²) in [5.74, 6) is 0.188. The Kier molecular flexibility index (Phi) is 7.42. The van der Waals surface area contributed by atoms with Gasteiger partial charge in [0.2, 0.25) is 0 Å². The zero-order chi connectivity index (χ0) is 29.5. The lowest BCUT2D eigenvalue weighted by Crippen LogP contribution is -2.63. The zero-order valence-corrected chi connectivity index (χ0v) is 21.8. The van der Waals surface area contributed by atoms with Gasteiger partial charge in [0, 0.05) is 18.7 Å². The number of pyridine rings is 1. The van der Waals surface area contributed by atoms with E-state index in [2.05, 4.69) is 19.9 Å². The Morgan fingerprint density at radius 3 is 2.63 bits per heavy atom. The van der Waals surface area contributed by atoms with E-state index in [4.69, 9.17) is 16.2 Å². The fraction of sp³-hybridized carbons (Fsp3) is 0.385. The molecule has 1 aliphatic rings. The molecule has 15 heteroatoms. The number of nitrogens with zero attached hydrogens (tertiary/aromatic N) is 6. The Balaban J connectivity index is 1.63. The zero-order valence-electron chi connectivity index (χ0n) is 21.8. The molecular formula is C26H27F5N8O2. The first kappa shape index (κ1) is 28.4. The van der Waals surface area contributed by atoms with Gasteiger partial charge in [-0.3, -0.25) is 4.98 Å². The van der Waals surface area contributed by atoms with Crippen LogP contribution in [-0.2, 0) is 12.7 Å². The minimum absolute atomic E-state index is 0.0286. The van der Waals surface area contributed by atoms with E-state index in [-0.39, 0.29) is 42.3 Å². The maximum atomic E-state index is 14.0. The van der Waals surface area contributed by atoms with Gasteiger partial charge in [-0.25, -0.2) is 23.7 Å². The number of methoxy groups -OCH3 is 1. The molecule has 4 heterocycles. The molecule has 4 aromatic rings. The van der Waals surface area contributed by atoms with E-state index in [0.29, 0.717) is 35.4 Å². The van der Waals surface area contributed by atoms with E-state index >= 15 is 0 Å². The average molecular weight is 579 g/mol. The molecule has 1 aliphatic heterocycles. The van der Waals surface area contributed by atoms with Crippen molar-refractivity contribution in [2.45, 2.75) is 43.6 Å². The van der Waals surface area contributed by atoms with Gasteiger partial charge in [-0.1, -0.05) is 0 Å². The number of halogens is 5. The van der Waals surface area contributed by atoms with Crippen molar-refractivity contribution < 1.29 is 31.8 Å². The number of aliphatic hydroxyl groups is 1. The maximum Gasteiger partial charge on any atom is 0.417 e. The molecule has 0 bridgehead atoms. The first-order valence-electron chi connectivity index (χ1n) is 12.6. The summed E-state index contributed by atoms with van der Waals surface area (Å²) in [5.41, 5.74) is 11.2. The Hall–Kier alpha value is -4.11. The number of aliphatic hydroxyl groups excluding tert-OH is 1. The van der Waals surface area contributed by atoms with Crippen molar-refractivity contribution in [1.29, 1.82) is 0 Å². The summed E-state index contributed by atoms with van der Waals surface area (Å²) < 4.78 is 75.6. The Labute approximate surface area is 230 Å². The van der Waals surface area contributed by atoms with Gasteiger partial charge < -0.3 is 30.8 Å². The molecule has 5 rings (SSSR count). The average Bonchev–Trinajstić information content (AvgIpc) is 3.35. The molecule has 0 spiro atoms. The van der Waals surface area contributed by atoms with E-state index in [0.717, 1.165) is 6.07 Å². The highest BCUT2D eigenvalue weighted by molar-refractivity contribution is 5.81. The summed E-state index contributed by atoms with van der Waals surface area (Å²) >= 11 is 0. The molecule has 5 N–H and O–H groups in total. The van der Waals surface area contributed by atoms with Gasteiger partial charge in [0.1, 0.15) is 23.7 Å². The normalized spacial score (nSPS) is 18.7. The maximum absolute atomic E-state index is 14.0. The summed E-state index contributed by atoms with van der Waals surface area (Å²) in [6.07, 6.45) is -5.12. The highest BCUT2D eigenvalue weighted by atomic mass is 19.4. The van der Waals surface area contributed by atoms with E-state index in [1.54, 1.807) is 9.47 Å². The summed E-state index contributed by atoms with van der Waals surface area (Å²) in [7, 11) is 1.27. The molecule has 3 aromatic heterocycles. The minimum Gasteiger partial charge on any atom is -0.497 e. The van der Waals surface area contributed by atoms with Crippen LogP contribution in [0.3, 0.4) is 0 Å². The van der Waals surface area contributed by atoms with Crippen molar-refractivity contribution >= 4 is 22.7 Å². The molecule has 0 radical (unpaired) electrons. The first-order chi connectivity index (χ1) is 19.4. The fourth-order valence-corrected chi connectivity index (χ4v) is 5.17. The highest BCUT2D eigenvalue weighted by Gasteiger charge is 2.43. The molecule has 0 aliphatic carbocycles. The van der Waals surface area contributed by atoms with Gasteiger partial charge in [-0.05, 0) is 42.7 Å². The number of imidazole rings is 1. The number of fused-ring (bicyclic) bond motifs is 1. The largest absolute Gasteiger partial charge is 0.497 e. The molecule has 1 saturated heterocycles. The van der Waals surface area contributed by atoms with Crippen LogP contribution in [0.1, 0.15) is 24.0 Å². The summed E-state index contributed by atoms with van der Waals surface area (Å²) in [4.78, 5) is 18.5. The number of ether oxygens (including phenoxy) is 1. The molecule has 0 saturated carbocycles. The number of rotatable bonds is 7. The van der Waals surface area contributed by atoms with Gasteiger partial charge in [-0.15, -0.1) is 0 Å². The minimum atomic E-state index is -4.70. The number of anilines is 2. The van der Waals surface area contributed by atoms with Crippen LogP contribution in [0.2, 0.25) is 0 Å². The lowest BCUT2D eigenvalue weighted by Gasteiger charge is -2.44. The predicted octanol–water partition coefficient (Wildman–Crippen LogP) is 3.47. The second kappa shape index (κ2) is 10.7. The smallest absolute Gasteiger partial charge is 0.417 e. The molecule has 10 nitrogen and oxygen atoms in total. The molecule has 0 unspecified atom stereocenters. The second-order valence-corrected chi connectivity index (χ2v) is 9.95. The Morgan fingerprint density at radius 2 is 1.93 bits per heavy atom. The van der Waals surface area contributed by atoms with Gasteiger partial charge in [0.05, 0.1) is 48.7 Å². The van der Waals surface area contributed by atoms with Crippen LogP contribution in [0.5, 0.6) is 5.75 Å². The van der Waals surface area contributed by atoms with Crippen molar-refractivity contribution in [3.63, 3.8) is 0 Å². The third-order valence-corrected chi connectivity index (χ3v) is 7.27. The topological polar surface area (TPSA) is 141 Å².